The van der Waals surface area contributed by atoms with Crippen molar-refractivity contribution < 1.29 is 19.1 Å². The Bertz CT molecular complexity index is 616. The molecule has 1 atom stereocenters. The maximum absolute atomic E-state index is 11.9. The lowest BCUT2D eigenvalue weighted by Crippen LogP contribution is -2.46. The van der Waals surface area contributed by atoms with Gasteiger partial charge in [-0.3, -0.25) is 14.4 Å². The minimum atomic E-state index is -0.658. The summed E-state index contributed by atoms with van der Waals surface area (Å²) in [5, 5.41) is 7.74. The molecule has 0 aromatic heterocycles. The van der Waals surface area contributed by atoms with Crippen LogP contribution in [0.25, 0.3) is 0 Å². The maximum Gasteiger partial charge on any atom is 0.243 e. The van der Waals surface area contributed by atoms with Gasteiger partial charge in [-0.1, -0.05) is 13.8 Å². The molecule has 24 heavy (non-hydrogen) atoms. The van der Waals surface area contributed by atoms with E-state index in [-0.39, 0.29) is 24.3 Å². The predicted octanol–water partition coefficient (Wildman–Crippen LogP) is 0.692. The summed E-state index contributed by atoms with van der Waals surface area (Å²) in [5.41, 5.74) is 6.68. The summed E-state index contributed by atoms with van der Waals surface area (Å²) in [5.74, 6) is -0.603. The van der Waals surface area contributed by atoms with Gasteiger partial charge in [0.25, 0.3) is 0 Å². The van der Waals surface area contributed by atoms with E-state index in [1.165, 1.54) is 14.0 Å². The Hall–Kier alpha value is -2.61. The van der Waals surface area contributed by atoms with Gasteiger partial charge < -0.3 is 26.4 Å². The number of amides is 3. The molecule has 0 saturated carbocycles. The van der Waals surface area contributed by atoms with Gasteiger partial charge in [0.1, 0.15) is 5.75 Å². The lowest BCUT2D eigenvalue weighted by Gasteiger charge is -2.15. The number of hydrogen-bond donors (Lipinski definition) is 4. The van der Waals surface area contributed by atoms with Crippen LogP contribution in [0.1, 0.15) is 20.8 Å². The minimum absolute atomic E-state index is 0.0151. The van der Waals surface area contributed by atoms with Crippen LogP contribution in [0, 0.1) is 5.92 Å². The van der Waals surface area contributed by atoms with Crippen molar-refractivity contribution in [3.63, 3.8) is 0 Å². The highest BCUT2D eigenvalue weighted by Crippen LogP contribution is 2.27. The maximum atomic E-state index is 11.9. The van der Waals surface area contributed by atoms with Gasteiger partial charge in [-0.25, -0.2) is 0 Å². The summed E-state index contributed by atoms with van der Waals surface area (Å²) in [6.45, 7) is 4.86. The van der Waals surface area contributed by atoms with Gasteiger partial charge in [0.2, 0.25) is 17.7 Å². The quantitative estimate of drug-likeness (QED) is 0.583. The third-order valence-electron chi connectivity index (χ3n) is 3.24. The van der Waals surface area contributed by atoms with E-state index in [1.807, 2.05) is 13.8 Å². The average Bonchev–Trinajstić information content (AvgIpc) is 2.52. The lowest BCUT2D eigenvalue weighted by molar-refractivity contribution is -0.125. The number of rotatable bonds is 7. The first kappa shape index (κ1) is 19.4. The van der Waals surface area contributed by atoms with Crippen LogP contribution in [0.2, 0.25) is 0 Å². The van der Waals surface area contributed by atoms with Crippen LogP contribution in [0.5, 0.6) is 5.75 Å². The second-order valence-electron chi connectivity index (χ2n) is 5.63. The lowest BCUT2D eigenvalue weighted by atomic mass is 10.1. The molecule has 0 unspecified atom stereocenters. The topological polar surface area (TPSA) is 123 Å². The number of hydrogen-bond acceptors (Lipinski definition) is 5. The van der Waals surface area contributed by atoms with Crippen LogP contribution in [0.3, 0.4) is 0 Å². The highest BCUT2D eigenvalue weighted by Gasteiger charge is 2.17. The van der Waals surface area contributed by atoms with Crippen molar-refractivity contribution in [3.8, 4) is 5.75 Å². The summed E-state index contributed by atoms with van der Waals surface area (Å²) in [6, 6.07) is 4.15. The molecular formula is C16H24N4O4. The Labute approximate surface area is 141 Å². The Balaban J connectivity index is 2.64. The highest BCUT2D eigenvalue weighted by atomic mass is 16.5. The second kappa shape index (κ2) is 8.88. The van der Waals surface area contributed by atoms with Gasteiger partial charge in [0.05, 0.1) is 25.4 Å². The van der Waals surface area contributed by atoms with Crippen LogP contribution < -0.4 is 26.4 Å². The first-order chi connectivity index (χ1) is 11.2. The molecule has 0 aliphatic rings. The number of ether oxygens (including phenoxy) is 1. The Kier molecular flexibility index (Phi) is 7.19. The molecule has 3 amide bonds. The molecular weight excluding hydrogens is 312 g/mol. The number of methoxy groups -OCH3 is 1. The van der Waals surface area contributed by atoms with Crippen molar-refractivity contribution in [1.29, 1.82) is 0 Å². The molecule has 0 radical (unpaired) electrons. The van der Waals surface area contributed by atoms with Crippen molar-refractivity contribution >= 4 is 29.1 Å². The molecule has 0 saturated heterocycles. The molecule has 1 rings (SSSR count). The van der Waals surface area contributed by atoms with Crippen molar-refractivity contribution in [1.82, 2.24) is 5.32 Å². The molecule has 1 aromatic rings. The van der Waals surface area contributed by atoms with Gasteiger partial charge in [-0.15, -0.1) is 0 Å². The summed E-state index contributed by atoms with van der Waals surface area (Å²) in [6.07, 6.45) is 0. The zero-order chi connectivity index (χ0) is 18.3. The van der Waals surface area contributed by atoms with Gasteiger partial charge in [0.15, 0.2) is 0 Å². The molecule has 0 aliphatic heterocycles. The molecule has 0 fully saturated rings. The zero-order valence-electron chi connectivity index (χ0n) is 14.3. The third-order valence-corrected chi connectivity index (χ3v) is 3.24. The SMILES string of the molecule is COc1cc(NC(=O)CNC(=O)[C@@H](N)C(C)C)ccc1NC(C)=O. The number of nitrogens with one attached hydrogen (secondary N) is 3. The molecule has 5 N–H and O–H groups in total. The molecule has 132 valence electrons. The van der Waals surface area contributed by atoms with Crippen molar-refractivity contribution in [2.45, 2.75) is 26.8 Å². The van der Waals surface area contributed by atoms with E-state index in [9.17, 15) is 14.4 Å². The van der Waals surface area contributed by atoms with Crippen molar-refractivity contribution in [2.24, 2.45) is 11.7 Å². The van der Waals surface area contributed by atoms with Crippen LogP contribution in [0.15, 0.2) is 18.2 Å². The average molecular weight is 336 g/mol. The minimum Gasteiger partial charge on any atom is -0.494 e. The Morgan fingerprint density at radius 2 is 1.88 bits per heavy atom. The number of anilines is 2. The number of carbonyl (C=O) groups is 3. The van der Waals surface area contributed by atoms with Crippen molar-refractivity contribution in [3.05, 3.63) is 18.2 Å². The van der Waals surface area contributed by atoms with E-state index in [4.69, 9.17) is 10.5 Å². The summed E-state index contributed by atoms with van der Waals surface area (Å²) in [4.78, 5) is 34.7. The summed E-state index contributed by atoms with van der Waals surface area (Å²) in [7, 11) is 1.46. The fraction of sp³-hybridized carbons (Fsp3) is 0.438. The fourth-order valence-corrected chi connectivity index (χ4v) is 1.86. The van der Waals surface area contributed by atoms with E-state index in [0.717, 1.165) is 0 Å². The number of carbonyl (C=O) groups excluding carboxylic acids is 3. The van der Waals surface area contributed by atoms with Crippen LogP contribution in [-0.2, 0) is 14.4 Å². The molecule has 0 heterocycles. The van der Waals surface area contributed by atoms with Gasteiger partial charge in [-0.2, -0.15) is 0 Å². The molecule has 1 aromatic carbocycles. The Morgan fingerprint density at radius 1 is 1.21 bits per heavy atom. The van der Waals surface area contributed by atoms with E-state index >= 15 is 0 Å². The zero-order valence-corrected chi connectivity index (χ0v) is 14.3. The van der Waals surface area contributed by atoms with E-state index < -0.39 is 11.9 Å². The van der Waals surface area contributed by atoms with E-state index in [0.29, 0.717) is 17.1 Å². The normalized spacial score (nSPS) is 11.6. The fourth-order valence-electron chi connectivity index (χ4n) is 1.86. The highest BCUT2D eigenvalue weighted by molar-refractivity contribution is 5.96. The molecule has 0 bridgehead atoms. The van der Waals surface area contributed by atoms with Gasteiger partial charge in [-0.05, 0) is 18.1 Å². The van der Waals surface area contributed by atoms with E-state index in [1.54, 1.807) is 18.2 Å². The second-order valence-corrected chi connectivity index (χ2v) is 5.63. The largest absolute Gasteiger partial charge is 0.494 e. The first-order valence-electron chi connectivity index (χ1n) is 7.53. The molecule has 0 spiro atoms. The summed E-state index contributed by atoms with van der Waals surface area (Å²) < 4.78 is 5.17. The van der Waals surface area contributed by atoms with Crippen LogP contribution in [0.4, 0.5) is 11.4 Å². The first-order valence-corrected chi connectivity index (χ1v) is 7.53. The van der Waals surface area contributed by atoms with Crippen molar-refractivity contribution in [2.75, 3.05) is 24.3 Å². The van der Waals surface area contributed by atoms with Crippen LogP contribution in [-0.4, -0.2) is 37.4 Å². The predicted molar refractivity (Wildman–Crippen MR) is 91.8 cm³/mol. The number of benzene rings is 1. The summed E-state index contributed by atoms with van der Waals surface area (Å²) >= 11 is 0. The smallest absolute Gasteiger partial charge is 0.243 e. The Morgan fingerprint density at radius 3 is 2.42 bits per heavy atom. The third kappa shape index (κ3) is 5.88. The van der Waals surface area contributed by atoms with Gasteiger partial charge in [0, 0.05) is 18.7 Å². The van der Waals surface area contributed by atoms with Crippen LogP contribution >= 0.6 is 0 Å². The molecule has 8 heteroatoms. The number of nitrogens with two attached hydrogens (primary N) is 1. The molecule has 8 nitrogen and oxygen atoms in total. The van der Waals surface area contributed by atoms with Gasteiger partial charge >= 0.3 is 0 Å². The van der Waals surface area contributed by atoms with E-state index in [2.05, 4.69) is 16.0 Å². The standard InChI is InChI=1S/C16H24N4O4/c1-9(2)15(17)16(23)18-8-14(22)20-11-5-6-12(19-10(3)21)13(7-11)24-4/h5-7,9,15H,8,17H2,1-4H3,(H,18,23)(H,19,21)(H,20,22)/t15-/m0/s1. The molecule has 0 aliphatic carbocycles. The monoisotopic (exact) mass is 336 g/mol.